The third-order valence-electron chi connectivity index (χ3n) is 6.15. The molecule has 0 atom stereocenters. The maximum Gasteiger partial charge on any atom is 0.178 e. The Balaban J connectivity index is 0.00000172. The van der Waals surface area contributed by atoms with Crippen LogP contribution in [0.25, 0.3) is 32.7 Å². The normalized spacial score (nSPS) is 10.8. The number of halogens is 2. The number of hydrogen-bond acceptors (Lipinski definition) is 6. The van der Waals surface area contributed by atoms with Crippen molar-refractivity contribution in [2.75, 3.05) is 17.7 Å². The molecule has 0 spiro atoms. The van der Waals surface area contributed by atoms with E-state index in [0.717, 1.165) is 44.2 Å². The molecule has 0 amide bonds. The van der Waals surface area contributed by atoms with Gasteiger partial charge in [0.2, 0.25) is 0 Å². The second-order valence-electron chi connectivity index (χ2n) is 9.03. The Morgan fingerprint density at radius 2 is 1.90 bits per heavy atom. The number of fused-ring (bicyclic) bond motifs is 1. The Bertz CT molecular complexity index is 1650. The number of nitrogens with one attached hydrogen (secondary N) is 3. The van der Waals surface area contributed by atoms with E-state index in [1.807, 2.05) is 32.0 Å². The van der Waals surface area contributed by atoms with Crippen LogP contribution in [0.4, 0.5) is 20.2 Å². The fourth-order valence-corrected chi connectivity index (χ4v) is 4.85. The molecule has 0 aliphatic carbocycles. The first-order valence-corrected chi connectivity index (χ1v) is 13.0. The summed E-state index contributed by atoms with van der Waals surface area (Å²) in [4.78, 5) is 17.5. The molecular formula is C30H28F2N6S. The van der Waals surface area contributed by atoms with E-state index in [0.29, 0.717) is 34.7 Å². The fraction of sp³-hybridized carbons (Fsp3) is 0.167. The summed E-state index contributed by atoms with van der Waals surface area (Å²) in [6, 6.07) is 10.2. The van der Waals surface area contributed by atoms with Gasteiger partial charge in [-0.15, -0.1) is 24.2 Å². The van der Waals surface area contributed by atoms with E-state index in [1.165, 1.54) is 12.1 Å². The SMILES string of the molecule is C#C.C=C(Nc1cncc(-c2cc(Cc3nc4nccc(-c5ccc(F)s5)c4[nH]3)c(NC)cc2F)c1)C(C)C. The maximum absolute atomic E-state index is 15.2. The van der Waals surface area contributed by atoms with E-state index in [9.17, 15) is 4.39 Å². The topological polar surface area (TPSA) is 78.5 Å². The zero-order chi connectivity index (χ0) is 28.1. The summed E-state index contributed by atoms with van der Waals surface area (Å²) >= 11 is 1.07. The average Bonchev–Trinajstić information content (AvgIpc) is 3.56. The molecule has 0 fully saturated rings. The highest BCUT2D eigenvalue weighted by Crippen LogP contribution is 2.33. The molecule has 0 aliphatic heterocycles. The summed E-state index contributed by atoms with van der Waals surface area (Å²) in [5.74, 6) is 0.561. The first kappa shape index (κ1) is 27.5. The van der Waals surface area contributed by atoms with Crippen molar-refractivity contribution >= 4 is 33.9 Å². The second-order valence-corrected chi connectivity index (χ2v) is 10.1. The largest absolute Gasteiger partial charge is 0.388 e. The van der Waals surface area contributed by atoms with Crippen LogP contribution < -0.4 is 10.6 Å². The first-order chi connectivity index (χ1) is 18.8. The molecule has 0 radical (unpaired) electrons. The van der Waals surface area contributed by atoms with E-state index < -0.39 is 0 Å². The third-order valence-corrected chi connectivity index (χ3v) is 7.06. The molecular weight excluding hydrogens is 514 g/mol. The fourth-order valence-electron chi connectivity index (χ4n) is 4.09. The Kier molecular flexibility index (Phi) is 8.37. The zero-order valence-corrected chi connectivity index (χ0v) is 22.7. The number of H-pyrrole nitrogens is 1. The van der Waals surface area contributed by atoms with Crippen molar-refractivity contribution in [1.29, 1.82) is 0 Å². The van der Waals surface area contributed by atoms with Crippen molar-refractivity contribution in [3.63, 3.8) is 0 Å². The minimum Gasteiger partial charge on any atom is -0.388 e. The lowest BCUT2D eigenvalue weighted by atomic mass is 10.00. The minimum atomic E-state index is -0.358. The molecule has 5 rings (SSSR count). The molecule has 4 heterocycles. The van der Waals surface area contributed by atoms with Gasteiger partial charge in [0, 0.05) is 58.8 Å². The van der Waals surface area contributed by atoms with Crippen LogP contribution >= 0.6 is 11.3 Å². The number of pyridine rings is 2. The Hall–Kier alpha value is -4.55. The Labute approximate surface area is 230 Å². The number of hydrogen-bond donors (Lipinski definition) is 3. The van der Waals surface area contributed by atoms with Crippen LogP contribution in [-0.4, -0.2) is 27.0 Å². The van der Waals surface area contributed by atoms with Crippen LogP contribution in [0.2, 0.25) is 0 Å². The number of aromatic nitrogens is 4. The second kappa shape index (κ2) is 11.9. The predicted molar refractivity (Wildman–Crippen MR) is 157 cm³/mol. The molecule has 9 heteroatoms. The summed E-state index contributed by atoms with van der Waals surface area (Å²) in [5.41, 5.74) is 6.32. The lowest BCUT2D eigenvalue weighted by Crippen LogP contribution is -2.05. The van der Waals surface area contributed by atoms with Gasteiger partial charge in [0.1, 0.15) is 11.6 Å². The number of allylic oxidation sites excluding steroid dienone is 1. The van der Waals surface area contributed by atoms with Crippen LogP contribution in [0.15, 0.2) is 67.3 Å². The molecule has 3 N–H and O–H groups in total. The average molecular weight is 543 g/mol. The summed E-state index contributed by atoms with van der Waals surface area (Å²) in [6.45, 7) is 8.13. The summed E-state index contributed by atoms with van der Waals surface area (Å²) in [5, 5.41) is 6.08. The van der Waals surface area contributed by atoms with Gasteiger partial charge in [-0.2, -0.15) is 4.39 Å². The maximum atomic E-state index is 15.2. The summed E-state index contributed by atoms with van der Waals surface area (Å²) < 4.78 is 28.9. The van der Waals surface area contributed by atoms with Gasteiger partial charge in [-0.25, -0.2) is 14.4 Å². The number of thiophene rings is 1. The van der Waals surface area contributed by atoms with E-state index in [1.54, 1.807) is 31.7 Å². The van der Waals surface area contributed by atoms with Gasteiger partial charge >= 0.3 is 0 Å². The molecule has 0 saturated carbocycles. The number of benzene rings is 1. The van der Waals surface area contributed by atoms with Crippen molar-refractivity contribution < 1.29 is 8.78 Å². The van der Waals surface area contributed by atoms with Crippen LogP contribution in [-0.2, 0) is 6.42 Å². The van der Waals surface area contributed by atoms with E-state index in [-0.39, 0.29) is 16.9 Å². The number of imidazole rings is 1. The molecule has 0 bridgehead atoms. The molecule has 39 heavy (non-hydrogen) atoms. The molecule has 5 aromatic rings. The van der Waals surface area contributed by atoms with Crippen LogP contribution in [0.5, 0.6) is 0 Å². The van der Waals surface area contributed by atoms with Gasteiger partial charge < -0.3 is 15.6 Å². The van der Waals surface area contributed by atoms with Crippen molar-refractivity contribution in [2.24, 2.45) is 5.92 Å². The lowest BCUT2D eigenvalue weighted by molar-refractivity contribution is 0.631. The monoisotopic (exact) mass is 542 g/mol. The number of aromatic amines is 1. The first-order valence-electron chi connectivity index (χ1n) is 12.2. The summed E-state index contributed by atoms with van der Waals surface area (Å²) in [6.07, 6.45) is 13.4. The van der Waals surface area contributed by atoms with Gasteiger partial charge in [0.25, 0.3) is 0 Å². The molecule has 0 unspecified atom stereocenters. The van der Waals surface area contributed by atoms with Gasteiger partial charge in [0.05, 0.1) is 17.4 Å². The van der Waals surface area contributed by atoms with Crippen LogP contribution in [0.3, 0.4) is 0 Å². The molecule has 6 nitrogen and oxygen atoms in total. The van der Waals surface area contributed by atoms with Gasteiger partial charge in [-0.3, -0.25) is 4.98 Å². The smallest absolute Gasteiger partial charge is 0.178 e. The number of terminal acetylenes is 1. The third kappa shape index (κ3) is 5.97. The predicted octanol–water partition coefficient (Wildman–Crippen LogP) is 7.49. The van der Waals surface area contributed by atoms with Crippen molar-refractivity contribution in [2.45, 2.75) is 20.3 Å². The van der Waals surface area contributed by atoms with E-state index in [2.05, 4.69) is 50.0 Å². The molecule has 198 valence electrons. The van der Waals surface area contributed by atoms with Crippen LogP contribution in [0.1, 0.15) is 25.2 Å². The van der Waals surface area contributed by atoms with Crippen molar-refractivity contribution in [3.05, 3.63) is 89.6 Å². The summed E-state index contributed by atoms with van der Waals surface area (Å²) in [7, 11) is 1.76. The standard InChI is InChI=1S/C28H26F2N6S.C2H2/c1-15(2)16(3)34-19-9-18(13-32-14-19)21-10-17(23(31-4)12-22(21)29)11-26-35-27-20(7-8-33-28(27)36-26)24-5-6-25(30)37-24;1-2/h5-10,12-15,31,34H,3,11H2,1-2,4H3,(H,33,35,36);1-2H. The van der Waals surface area contributed by atoms with Crippen LogP contribution in [0, 0.1) is 29.7 Å². The molecule has 0 saturated heterocycles. The number of anilines is 2. The number of nitrogens with zero attached hydrogens (tertiary/aromatic N) is 3. The van der Waals surface area contributed by atoms with Crippen molar-refractivity contribution in [3.8, 4) is 34.4 Å². The Morgan fingerprint density at radius 1 is 1.10 bits per heavy atom. The van der Waals surface area contributed by atoms with E-state index >= 15 is 4.39 Å². The van der Waals surface area contributed by atoms with E-state index in [4.69, 9.17) is 0 Å². The van der Waals surface area contributed by atoms with Gasteiger partial charge in [-0.1, -0.05) is 20.4 Å². The highest BCUT2D eigenvalue weighted by Gasteiger charge is 2.16. The van der Waals surface area contributed by atoms with Gasteiger partial charge in [-0.05, 0) is 47.9 Å². The minimum absolute atomic E-state index is 0.250. The highest BCUT2D eigenvalue weighted by atomic mass is 32.1. The highest BCUT2D eigenvalue weighted by molar-refractivity contribution is 7.14. The lowest BCUT2D eigenvalue weighted by Gasteiger charge is -2.15. The Morgan fingerprint density at radius 3 is 2.59 bits per heavy atom. The molecule has 4 aromatic heterocycles. The molecule has 1 aromatic carbocycles. The number of rotatable bonds is 8. The quantitative estimate of drug-likeness (QED) is 0.177. The van der Waals surface area contributed by atoms with Crippen molar-refractivity contribution in [1.82, 2.24) is 19.9 Å². The molecule has 0 aliphatic rings. The van der Waals surface area contributed by atoms with Gasteiger partial charge in [0.15, 0.2) is 10.8 Å². The zero-order valence-electron chi connectivity index (χ0n) is 21.8.